The molecule has 0 fully saturated rings. The van der Waals surface area contributed by atoms with Crippen molar-refractivity contribution in [1.29, 1.82) is 0 Å². The molecule has 0 amide bonds. The monoisotopic (exact) mass is 257 g/mol. The molecule has 0 aliphatic carbocycles. The van der Waals surface area contributed by atoms with Gasteiger partial charge in [-0.3, -0.25) is 10.1 Å². The Morgan fingerprint density at radius 1 is 1.25 bits per heavy atom. The molecule has 0 atom stereocenters. The zero-order chi connectivity index (χ0) is 11.7. The zero-order valence-electron chi connectivity index (χ0n) is 7.81. The molecule has 0 bridgehead atoms. The van der Waals surface area contributed by atoms with E-state index in [9.17, 15) is 10.1 Å². The Morgan fingerprint density at radius 2 is 2.00 bits per heavy atom. The summed E-state index contributed by atoms with van der Waals surface area (Å²) >= 11 is 11.8. The van der Waals surface area contributed by atoms with Crippen LogP contribution >= 0.6 is 23.2 Å². The van der Waals surface area contributed by atoms with E-state index in [2.05, 4.69) is 0 Å². The topological polar surface area (TPSA) is 56.3 Å². The number of nitro benzene ring substituents is 1. The van der Waals surface area contributed by atoms with Gasteiger partial charge < -0.3 is 4.42 Å². The Morgan fingerprint density at radius 3 is 2.56 bits per heavy atom. The predicted octanol–water partition coefficient (Wildman–Crippen LogP) is 4.16. The van der Waals surface area contributed by atoms with Crippen molar-refractivity contribution in [2.45, 2.75) is 0 Å². The molecular weight excluding hydrogens is 253 g/mol. The van der Waals surface area contributed by atoms with Crippen LogP contribution in [0.25, 0.3) is 11.3 Å². The van der Waals surface area contributed by atoms with Crippen molar-refractivity contribution >= 4 is 28.9 Å². The second-order valence-electron chi connectivity index (χ2n) is 2.99. The number of hydrogen-bond acceptors (Lipinski definition) is 3. The number of nitrogens with zero attached hydrogens (tertiary/aromatic N) is 1. The lowest BCUT2D eigenvalue weighted by Gasteiger charge is -2.04. The molecule has 6 heteroatoms. The maximum atomic E-state index is 10.7. The van der Waals surface area contributed by atoms with E-state index < -0.39 is 4.92 Å². The molecule has 2 aromatic rings. The standard InChI is InChI=1S/C10H5Cl2NO3/c11-6-3-4-7(13(14)15)10(12)9(6)8-2-1-5-16-8/h1-5H. The Hall–Kier alpha value is -1.52. The van der Waals surface area contributed by atoms with Crippen molar-refractivity contribution in [2.75, 3.05) is 0 Å². The van der Waals surface area contributed by atoms with Gasteiger partial charge in [0.05, 0.1) is 21.8 Å². The van der Waals surface area contributed by atoms with E-state index in [1.165, 1.54) is 18.4 Å². The molecule has 0 N–H and O–H groups in total. The minimum absolute atomic E-state index is 0.0209. The highest BCUT2D eigenvalue weighted by atomic mass is 35.5. The predicted molar refractivity (Wildman–Crippen MR) is 60.8 cm³/mol. The highest BCUT2D eigenvalue weighted by Gasteiger charge is 2.21. The van der Waals surface area contributed by atoms with E-state index >= 15 is 0 Å². The molecule has 82 valence electrons. The van der Waals surface area contributed by atoms with Gasteiger partial charge in [-0.25, -0.2) is 0 Å². The van der Waals surface area contributed by atoms with Crippen LogP contribution in [-0.4, -0.2) is 4.92 Å². The number of nitro groups is 1. The number of rotatable bonds is 2. The fourth-order valence-electron chi connectivity index (χ4n) is 1.33. The highest BCUT2D eigenvalue weighted by molar-refractivity contribution is 6.40. The van der Waals surface area contributed by atoms with Crippen LogP contribution in [0.3, 0.4) is 0 Å². The van der Waals surface area contributed by atoms with Crippen LogP contribution in [-0.2, 0) is 0 Å². The second kappa shape index (κ2) is 4.15. The van der Waals surface area contributed by atoms with Crippen LogP contribution in [0, 0.1) is 10.1 Å². The first-order valence-electron chi connectivity index (χ1n) is 4.27. The highest BCUT2D eigenvalue weighted by Crippen LogP contribution is 2.40. The van der Waals surface area contributed by atoms with Crippen LogP contribution in [0.4, 0.5) is 5.69 Å². The van der Waals surface area contributed by atoms with Gasteiger partial charge in [0.15, 0.2) is 0 Å². The van der Waals surface area contributed by atoms with Gasteiger partial charge in [-0.1, -0.05) is 23.2 Å². The molecule has 16 heavy (non-hydrogen) atoms. The summed E-state index contributed by atoms with van der Waals surface area (Å²) in [6.45, 7) is 0. The summed E-state index contributed by atoms with van der Waals surface area (Å²) in [7, 11) is 0. The number of benzene rings is 1. The van der Waals surface area contributed by atoms with Gasteiger partial charge in [-0.2, -0.15) is 0 Å². The van der Waals surface area contributed by atoms with Crippen molar-refractivity contribution in [1.82, 2.24) is 0 Å². The lowest BCUT2D eigenvalue weighted by molar-refractivity contribution is -0.384. The number of hydrogen-bond donors (Lipinski definition) is 0. The van der Waals surface area contributed by atoms with Gasteiger partial charge in [0.2, 0.25) is 0 Å². The first kappa shape index (κ1) is 11.0. The van der Waals surface area contributed by atoms with Gasteiger partial charge in [0.1, 0.15) is 10.8 Å². The Bertz CT molecular complexity index is 537. The van der Waals surface area contributed by atoms with E-state index in [1.54, 1.807) is 12.1 Å². The van der Waals surface area contributed by atoms with Crippen LogP contribution in [0.5, 0.6) is 0 Å². The molecule has 0 radical (unpaired) electrons. The van der Waals surface area contributed by atoms with E-state index in [0.717, 1.165) is 0 Å². The lowest BCUT2D eigenvalue weighted by Crippen LogP contribution is -1.91. The molecule has 0 aliphatic heterocycles. The molecule has 1 heterocycles. The summed E-state index contributed by atoms with van der Waals surface area (Å²) in [5, 5.41) is 11.0. The Labute approximate surface area is 101 Å². The van der Waals surface area contributed by atoms with Crippen LogP contribution in [0.1, 0.15) is 0 Å². The molecule has 1 aromatic heterocycles. The third kappa shape index (κ3) is 1.77. The van der Waals surface area contributed by atoms with Gasteiger partial charge in [0, 0.05) is 6.07 Å². The minimum atomic E-state index is -0.564. The first-order valence-corrected chi connectivity index (χ1v) is 5.03. The average Bonchev–Trinajstić information content (AvgIpc) is 2.70. The third-order valence-electron chi connectivity index (χ3n) is 2.04. The number of furan rings is 1. The molecule has 1 aromatic carbocycles. The average molecular weight is 258 g/mol. The summed E-state index contributed by atoms with van der Waals surface area (Å²) in [6.07, 6.45) is 1.45. The molecular formula is C10H5Cl2NO3. The summed E-state index contributed by atoms with van der Waals surface area (Å²) < 4.78 is 5.12. The van der Waals surface area contributed by atoms with E-state index in [-0.39, 0.29) is 10.7 Å². The zero-order valence-corrected chi connectivity index (χ0v) is 9.33. The number of halogens is 2. The van der Waals surface area contributed by atoms with Crippen molar-refractivity contribution < 1.29 is 9.34 Å². The molecule has 0 unspecified atom stereocenters. The molecule has 2 rings (SSSR count). The van der Waals surface area contributed by atoms with Crippen LogP contribution < -0.4 is 0 Å². The first-order chi connectivity index (χ1) is 7.61. The van der Waals surface area contributed by atoms with Crippen molar-refractivity contribution in [3.63, 3.8) is 0 Å². The summed E-state index contributed by atoms with van der Waals surface area (Å²) in [6, 6.07) is 5.97. The van der Waals surface area contributed by atoms with E-state index in [1.807, 2.05) is 0 Å². The van der Waals surface area contributed by atoms with Crippen LogP contribution in [0.2, 0.25) is 10.0 Å². The fourth-order valence-corrected chi connectivity index (χ4v) is 1.96. The quantitative estimate of drug-likeness (QED) is 0.600. The van der Waals surface area contributed by atoms with E-state index in [4.69, 9.17) is 27.6 Å². The van der Waals surface area contributed by atoms with Crippen LogP contribution in [0.15, 0.2) is 34.9 Å². The molecule has 0 saturated heterocycles. The van der Waals surface area contributed by atoms with Crippen molar-refractivity contribution in [2.24, 2.45) is 0 Å². The summed E-state index contributed by atoms with van der Waals surface area (Å²) in [4.78, 5) is 10.1. The maximum Gasteiger partial charge on any atom is 0.288 e. The molecule has 4 nitrogen and oxygen atoms in total. The summed E-state index contributed by atoms with van der Waals surface area (Å²) in [5.74, 6) is 0.402. The Kier molecular flexibility index (Phi) is 2.85. The third-order valence-corrected chi connectivity index (χ3v) is 2.73. The van der Waals surface area contributed by atoms with E-state index in [0.29, 0.717) is 16.3 Å². The van der Waals surface area contributed by atoms with Gasteiger partial charge >= 0.3 is 0 Å². The smallest absolute Gasteiger partial charge is 0.288 e. The minimum Gasteiger partial charge on any atom is -0.464 e. The van der Waals surface area contributed by atoms with Gasteiger partial charge in [0.25, 0.3) is 5.69 Å². The molecule has 0 aliphatic rings. The molecule has 0 saturated carbocycles. The van der Waals surface area contributed by atoms with Crippen molar-refractivity contribution in [3.05, 3.63) is 50.7 Å². The molecule has 0 spiro atoms. The van der Waals surface area contributed by atoms with Gasteiger partial charge in [-0.15, -0.1) is 0 Å². The van der Waals surface area contributed by atoms with Crippen molar-refractivity contribution in [3.8, 4) is 11.3 Å². The van der Waals surface area contributed by atoms with Gasteiger partial charge in [-0.05, 0) is 18.2 Å². The normalized spacial score (nSPS) is 10.4. The fraction of sp³-hybridized carbons (Fsp3) is 0. The summed E-state index contributed by atoms with van der Waals surface area (Å²) in [5.41, 5.74) is 0.139. The largest absolute Gasteiger partial charge is 0.464 e. The Balaban J connectivity index is 2.69. The SMILES string of the molecule is O=[N+]([O-])c1ccc(Cl)c(-c2ccco2)c1Cl. The second-order valence-corrected chi connectivity index (χ2v) is 3.78. The lowest BCUT2D eigenvalue weighted by atomic mass is 10.1. The maximum absolute atomic E-state index is 10.7.